The fraction of sp³-hybridized carbons (Fsp3) is 0.556. The van der Waals surface area contributed by atoms with Crippen molar-refractivity contribution < 1.29 is 9.59 Å². The van der Waals surface area contributed by atoms with Crippen LogP contribution in [0, 0.1) is 19.8 Å². The number of anilines is 1. The zero-order valence-corrected chi connectivity index (χ0v) is 13.4. The summed E-state index contributed by atoms with van der Waals surface area (Å²) in [5, 5.41) is 3.08. The summed E-state index contributed by atoms with van der Waals surface area (Å²) in [6, 6.07) is 6.03. The van der Waals surface area contributed by atoms with Gasteiger partial charge in [-0.1, -0.05) is 18.9 Å². The molecule has 118 valence electrons. The van der Waals surface area contributed by atoms with Gasteiger partial charge in [0.05, 0.1) is 6.04 Å². The van der Waals surface area contributed by atoms with Crippen LogP contribution in [-0.2, 0) is 9.59 Å². The summed E-state index contributed by atoms with van der Waals surface area (Å²) < 4.78 is 0. The molecule has 0 radical (unpaired) electrons. The summed E-state index contributed by atoms with van der Waals surface area (Å²) in [6.45, 7) is 4.70. The van der Waals surface area contributed by atoms with Gasteiger partial charge in [0.15, 0.2) is 0 Å². The third kappa shape index (κ3) is 3.01. The van der Waals surface area contributed by atoms with Crippen LogP contribution in [0.3, 0.4) is 0 Å². The van der Waals surface area contributed by atoms with Crippen LogP contribution in [0.25, 0.3) is 0 Å². The van der Waals surface area contributed by atoms with Crippen LogP contribution in [0.1, 0.15) is 43.2 Å². The Bertz CT molecular complexity index is 591. The van der Waals surface area contributed by atoms with E-state index < -0.39 is 0 Å². The van der Waals surface area contributed by atoms with Crippen molar-refractivity contribution in [3.8, 4) is 0 Å². The van der Waals surface area contributed by atoms with E-state index in [4.69, 9.17) is 0 Å². The van der Waals surface area contributed by atoms with E-state index in [1.165, 1.54) is 11.1 Å². The fourth-order valence-corrected chi connectivity index (χ4v) is 3.45. The van der Waals surface area contributed by atoms with Crippen molar-refractivity contribution in [3.05, 3.63) is 29.3 Å². The molecular formula is C18H24N2O2. The van der Waals surface area contributed by atoms with Crippen LogP contribution in [0.15, 0.2) is 18.2 Å². The maximum atomic E-state index is 12.3. The quantitative estimate of drug-likeness (QED) is 0.933. The first-order chi connectivity index (χ1) is 10.5. The molecule has 22 heavy (non-hydrogen) atoms. The maximum Gasteiger partial charge on any atom is 0.229 e. The molecule has 2 fully saturated rings. The number of aryl methyl sites for hydroxylation is 2. The number of benzene rings is 1. The molecule has 4 heteroatoms. The van der Waals surface area contributed by atoms with Gasteiger partial charge in [0.2, 0.25) is 11.8 Å². The Labute approximate surface area is 131 Å². The Hall–Kier alpha value is -1.84. The van der Waals surface area contributed by atoms with Crippen molar-refractivity contribution >= 4 is 17.5 Å². The van der Waals surface area contributed by atoms with Crippen molar-refractivity contribution in [2.75, 3.05) is 11.4 Å². The van der Waals surface area contributed by atoms with Gasteiger partial charge in [-0.05, 0) is 49.9 Å². The van der Waals surface area contributed by atoms with E-state index >= 15 is 0 Å². The summed E-state index contributed by atoms with van der Waals surface area (Å²) in [4.78, 5) is 26.3. The second kappa shape index (κ2) is 6.11. The maximum absolute atomic E-state index is 12.3. The highest BCUT2D eigenvalue weighted by Gasteiger charge is 2.33. The molecule has 3 rings (SSSR count). The molecule has 1 atom stereocenters. The molecule has 0 spiro atoms. The summed E-state index contributed by atoms with van der Waals surface area (Å²) in [6.07, 6.45) is 4.69. The molecule has 2 aliphatic rings. The SMILES string of the molecule is Cc1ccc(N2C[C@@H](NC(=O)C3CCCC3)CC2=O)cc1C. The minimum absolute atomic E-state index is 0.0535. The smallest absolute Gasteiger partial charge is 0.229 e. The first-order valence-electron chi connectivity index (χ1n) is 8.22. The largest absolute Gasteiger partial charge is 0.351 e. The normalized spacial score (nSPS) is 22.4. The number of hydrogen-bond acceptors (Lipinski definition) is 2. The van der Waals surface area contributed by atoms with Gasteiger partial charge in [-0.15, -0.1) is 0 Å². The molecule has 1 aliphatic heterocycles. The minimum Gasteiger partial charge on any atom is -0.351 e. The minimum atomic E-state index is -0.0535. The van der Waals surface area contributed by atoms with Crippen LogP contribution in [0.5, 0.6) is 0 Å². The van der Waals surface area contributed by atoms with E-state index in [0.29, 0.717) is 13.0 Å². The summed E-state index contributed by atoms with van der Waals surface area (Å²) in [5.41, 5.74) is 3.34. The van der Waals surface area contributed by atoms with Gasteiger partial charge in [0.25, 0.3) is 0 Å². The lowest BCUT2D eigenvalue weighted by molar-refractivity contribution is -0.125. The van der Waals surface area contributed by atoms with E-state index in [9.17, 15) is 9.59 Å². The Morgan fingerprint density at radius 3 is 2.59 bits per heavy atom. The highest BCUT2D eigenvalue weighted by atomic mass is 16.2. The first kappa shape index (κ1) is 15.1. The Balaban J connectivity index is 1.65. The van der Waals surface area contributed by atoms with Crippen molar-refractivity contribution in [3.63, 3.8) is 0 Å². The lowest BCUT2D eigenvalue weighted by atomic mass is 10.1. The molecule has 0 bridgehead atoms. The molecule has 1 saturated heterocycles. The molecule has 4 nitrogen and oxygen atoms in total. The number of carbonyl (C=O) groups excluding carboxylic acids is 2. The van der Waals surface area contributed by atoms with Crippen LogP contribution < -0.4 is 10.2 Å². The third-order valence-corrected chi connectivity index (χ3v) is 5.00. The highest BCUT2D eigenvalue weighted by molar-refractivity contribution is 5.97. The second-order valence-corrected chi connectivity index (χ2v) is 6.66. The molecular weight excluding hydrogens is 276 g/mol. The van der Waals surface area contributed by atoms with E-state index in [2.05, 4.69) is 25.2 Å². The Kier molecular flexibility index (Phi) is 4.19. The zero-order valence-electron chi connectivity index (χ0n) is 13.4. The number of amides is 2. The van der Waals surface area contributed by atoms with E-state index in [1.54, 1.807) is 4.90 Å². The fourth-order valence-electron chi connectivity index (χ4n) is 3.45. The lowest BCUT2D eigenvalue weighted by Gasteiger charge is -2.19. The van der Waals surface area contributed by atoms with Crippen LogP contribution in [-0.4, -0.2) is 24.4 Å². The van der Waals surface area contributed by atoms with Gasteiger partial charge in [-0.25, -0.2) is 0 Å². The Morgan fingerprint density at radius 2 is 1.91 bits per heavy atom. The van der Waals surface area contributed by atoms with Crippen molar-refractivity contribution in [1.82, 2.24) is 5.32 Å². The average molecular weight is 300 g/mol. The van der Waals surface area contributed by atoms with E-state index in [0.717, 1.165) is 31.4 Å². The molecule has 2 amide bonds. The highest BCUT2D eigenvalue weighted by Crippen LogP contribution is 2.27. The van der Waals surface area contributed by atoms with Gasteiger partial charge in [-0.3, -0.25) is 9.59 Å². The molecule has 1 N–H and O–H groups in total. The predicted molar refractivity (Wildman–Crippen MR) is 86.8 cm³/mol. The standard InChI is InChI=1S/C18H24N2O2/c1-12-7-8-16(9-13(12)2)20-11-15(10-17(20)21)19-18(22)14-5-3-4-6-14/h7-9,14-15H,3-6,10-11H2,1-2H3,(H,19,22)/t15-/m0/s1. The number of carbonyl (C=O) groups is 2. The van der Waals surface area contributed by atoms with Gasteiger partial charge in [-0.2, -0.15) is 0 Å². The van der Waals surface area contributed by atoms with Crippen molar-refractivity contribution in [1.29, 1.82) is 0 Å². The van der Waals surface area contributed by atoms with Gasteiger partial charge < -0.3 is 10.2 Å². The summed E-state index contributed by atoms with van der Waals surface area (Å²) in [7, 11) is 0. The molecule has 0 aromatic heterocycles. The van der Waals surface area contributed by atoms with Crippen LogP contribution in [0.4, 0.5) is 5.69 Å². The number of rotatable bonds is 3. The van der Waals surface area contributed by atoms with E-state index in [-0.39, 0.29) is 23.8 Å². The number of nitrogens with zero attached hydrogens (tertiary/aromatic N) is 1. The van der Waals surface area contributed by atoms with Gasteiger partial charge in [0, 0.05) is 24.6 Å². The van der Waals surface area contributed by atoms with Crippen molar-refractivity contribution in [2.24, 2.45) is 5.92 Å². The van der Waals surface area contributed by atoms with E-state index in [1.807, 2.05) is 12.1 Å². The molecule has 1 aromatic carbocycles. The van der Waals surface area contributed by atoms with Crippen molar-refractivity contribution in [2.45, 2.75) is 52.0 Å². The van der Waals surface area contributed by atoms with Gasteiger partial charge >= 0.3 is 0 Å². The average Bonchev–Trinajstić information content (AvgIpc) is 3.12. The monoisotopic (exact) mass is 300 g/mol. The second-order valence-electron chi connectivity index (χ2n) is 6.66. The molecule has 1 heterocycles. The first-order valence-corrected chi connectivity index (χ1v) is 8.22. The molecule has 1 aliphatic carbocycles. The third-order valence-electron chi connectivity index (χ3n) is 5.00. The van der Waals surface area contributed by atoms with Crippen LogP contribution in [0.2, 0.25) is 0 Å². The molecule has 0 unspecified atom stereocenters. The predicted octanol–water partition coefficient (Wildman–Crippen LogP) is 2.72. The zero-order chi connectivity index (χ0) is 15.7. The number of hydrogen-bond donors (Lipinski definition) is 1. The molecule has 1 aromatic rings. The molecule has 1 saturated carbocycles. The topological polar surface area (TPSA) is 49.4 Å². The Morgan fingerprint density at radius 1 is 1.18 bits per heavy atom. The van der Waals surface area contributed by atoms with Crippen LogP contribution >= 0.6 is 0 Å². The lowest BCUT2D eigenvalue weighted by Crippen LogP contribution is -2.40. The summed E-state index contributed by atoms with van der Waals surface area (Å²) in [5.74, 6) is 0.392. The summed E-state index contributed by atoms with van der Waals surface area (Å²) >= 11 is 0. The van der Waals surface area contributed by atoms with Gasteiger partial charge in [0.1, 0.15) is 0 Å². The number of nitrogens with one attached hydrogen (secondary N) is 1.